The van der Waals surface area contributed by atoms with Gasteiger partial charge in [-0.2, -0.15) is 0 Å². The van der Waals surface area contributed by atoms with E-state index in [0.717, 1.165) is 30.2 Å². The molecule has 3 N–H and O–H groups in total. The monoisotopic (exact) mass is 274 g/mol. The molecular formula is C12H19ClN2OS. The third-order valence-corrected chi connectivity index (χ3v) is 4.65. The van der Waals surface area contributed by atoms with Crippen LogP contribution in [0.4, 0.5) is 0 Å². The van der Waals surface area contributed by atoms with Gasteiger partial charge in [-0.05, 0) is 44.2 Å². The summed E-state index contributed by atoms with van der Waals surface area (Å²) >= 11 is 7.54. The van der Waals surface area contributed by atoms with E-state index in [1.54, 1.807) is 11.3 Å². The Morgan fingerprint density at radius 1 is 1.59 bits per heavy atom. The largest absolute Gasteiger partial charge is 0.378 e. The van der Waals surface area contributed by atoms with Crippen LogP contribution in [0, 0.1) is 5.92 Å². The zero-order valence-corrected chi connectivity index (χ0v) is 11.6. The van der Waals surface area contributed by atoms with Crippen molar-refractivity contribution in [1.82, 2.24) is 5.43 Å². The molecule has 1 saturated carbocycles. The van der Waals surface area contributed by atoms with Gasteiger partial charge in [-0.15, -0.1) is 11.3 Å². The van der Waals surface area contributed by atoms with Crippen LogP contribution in [0.5, 0.6) is 0 Å². The molecule has 2 rings (SSSR count). The highest BCUT2D eigenvalue weighted by Gasteiger charge is 2.31. The minimum atomic E-state index is 0.222. The van der Waals surface area contributed by atoms with Crippen LogP contribution in [0.15, 0.2) is 12.1 Å². The zero-order chi connectivity index (χ0) is 12.3. The summed E-state index contributed by atoms with van der Waals surface area (Å²) in [5, 5.41) is 0. The molecule has 1 aliphatic rings. The molecule has 1 fully saturated rings. The predicted octanol–water partition coefficient (Wildman–Crippen LogP) is 3.11. The molecule has 1 heterocycles. The third-order valence-electron chi connectivity index (χ3n) is 3.30. The Balaban J connectivity index is 1.81. The average molecular weight is 275 g/mol. The standard InChI is InChI=1S/C12H19ClN2OS/c1-2-16-9-5-8(6-9)7-10(15-14)11-3-4-12(13)17-11/h3-4,8-10,15H,2,5-7,14H2,1H3. The van der Waals surface area contributed by atoms with E-state index in [0.29, 0.717) is 12.0 Å². The lowest BCUT2D eigenvalue weighted by molar-refractivity contribution is -0.0290. The normalized spacial score (nSPS) is 25.6. The van der Waals surface area contributed by atoms with Crippen LogP contribution >= 0.6 is 22.9 Å². The van der Waals surface area contributed by atoms with E-state index >= 15 is 0 Å². The minimum absolute atomic E-state index is 0.222. The van der Waals surface area contributed by atoms with Gasteiger partial charge in [-0.3, -0.25) is 11.3 Å². The Labute approximate surface area is 111 Å². The molecule has 0 amide bonds. The van der Waals surface area contributed by atoms with Crippen molar-refractivity contribution in [3.05, 3.63) is 21.3 Å². The van der Waals surface area contributed by atoms with Gasteiger partial charge >= 0.3 is 0 Å². The second-order valence-electron chi connectivity index (χ2n) is 4.51. The Morgan fingerprint density at radius 2 is 2.35 bits per heavy atom. The predicted molar refractivity (Wildman–Crippen MR) is 72.1 cm³/mol. The molecule has 1 aromatic heterocycles. The number of ether oxygens (including phenoxy) is 1. The van der Waals surface area contributed by atoms with Crippen molar-refractivity contribution >= 4 is 22.9 Å². The van der Waals surface area contributed by atoms with Crippen molar-refractivity contribution in [3.63, 3.8) is 0 Å². The number of halogens is 1. The number of thiophene rings is 1. The molecule has 5 heteroatoms. The summed E-state index contributed by atoms with van der Waals surface area (Å²) in [5.41, 5.74) is 2.89. The van der Waals surface area contributed by atoms with Crippen molar-refractivity contribution in [2.24, 2.45) is 11.8 Å². The first-order chi connectivity index (χ1) is 8.22. The quantitative estimate of drug-likeness (QED) is 0.619. The van der Waals surface area contributed by atoms with E-state index in [1.807, 2.05) is 13.0 Å². The molecule has 0 aromatic carbocycles. The Morgan fingerprint density at radius 3 is 2.88 bits per heavy atom. The molecule has 17 heavy (non-hydrogen) atoms. The lowest BCUT2D eigenvalue weighted by Gasteiger charge is -2.36. The van der Waals surface area contributed by atoms with Gasteiger partial charge in [-0.25, -0.2) is 0 Å². The number of nitrogens with one attached hydrogen (secondary N) is 1. The molecule has 3 nitrogen and oxygen atoms in total. The maximum absolute atomic E-state index is 5.94. The van der Waals surface area contributed by atoms with Gasteiger partial charge in [0, 0.05) is 11.5 Å². The topological polar surface area (TPSA) is 47.3 Å². The van der Waals surface area contributed by atoms with Crippen molar-refractivity contribution in [3.8, 4) is 0 Å². The number of hydrogen-bond donors (Lipinski definition) is 2. The van der Waals surface area contributed by atoms with E-state index in [9.17, 15) is 0 Å². The van der Waals surface area contributed by atoms with Gasteiger partial charge in [0.1, 0.15) is 0 Å². The summed E-state index contributed by atoms with van der Waals surface area (Å²) in [7, 11) is 0. The van der Waals surface area contributed by atoms with Crippen LogP contribution in [0.2, 0.25) is 4.34 Å². The van der Waals surface area contributed by atoms with Crippen molar-refractivity contribution in [2.75, 3.05) is 6.61 Å². The van der Waals surface area contributed by atoms with Crippen LogP contribution in [0.1, 0.15) is 37.1 Å². The smallest absolute Gasteiger partial charge is 0.0931 e. The highest BCUT2D eigenvalue weighted by Crippen LogP contribution is 2.38. The van der Waals surface area contributed by atoms with E-state index < -0.39 is 0 Å². The summed E-state index contributed by atoms with van der Waals surface area (Å²) in [6, 6.07) is 4.20. The molecular weight excluding hydrogens is 256 g/mol. The summed E-state index contributed by atoms with van der Waals surface area (Å²) < 4.78 is 6.38. The number of hydrogen-bond acceptors (Lipinski definition) is 4. The summed E-state index contributed by atoms with van der Waals surface area (Å²) in [4.78, 5) is 1.22. The Hall–Kier alpha value is -0.130. The maximum Gasteiger partial charge on any atom is 0.0931 e. The molecule has 1 aliphatic carbocycles. The number of rotatable bonds is 6. The van der Waals surface area contributed by atoms with Crippen LogP contribution < -0.4 is 11.3 Å². The van der Waals surface area contributed by atoms with E-state index in [4.69, 9.17) is 22.2 Å². The Bertz CT molecular complexity index is 352. The molecule has 0 saturated heterocycles. The van der Waals surface area contributed by atoms with Crippen molar-refractivity contribution in [1.29, 1.82) is 0 Å². The molecule has 0 bridgehead atoms. The van der Waals surface area contributed by atoms with Gasteiger partial charge in [0.2, 0.25) is 0 Å². The van der Waals surface area contributed by atoms with Gasteiger partial charge in [0.05, 0.1) is 16.5 Å². The number of hydrazine groups is 1. The number of nitrogens with two attached hydrogens (primary N) is 1. The molecule has 96 valence electrons. The SMILES string of the molecule is CCOC1CC(CC(NN)c2ccc(Cl)s2)C1. The first-order valence-corrected chi connectivity index (χ1v) is 7.25. The first-order valence-electron chi connectivity index (χ1n) is 6.05. The highest BCUT2D eigenvalue weighted by atomic mass is 35.5. The second kappa shape index (κ2) is 6.16. The highest BCUT2D eigenvalue weighted by molar-refractivity contribution is 7.16. The van der Waals surface area contributed by atoms with E-state index in [2.05, 4.69) is 11.5 Å². The first kappa shape index (κ1) is 13.3. The second-order valence-corrected chi connectivity index (χ2v) is 6.26. The maximum atomic E-state index is 5.94. The van der Waals surface area contributed by atoms with Crippen LogP contribution in [-0.2, 0) is 4.74 Å². The van der Waals surface area contributed by atoms with Gasteiger partial charge in [0.25, 0.3) is 0 Å². The zero-order valence-electron chi connectivity index (χ0n) is 9.99. The van der Waals surface area contributed by atoms with Gasteiger partial charge in [0.15, 0.2) is 0 Å². The lowest BCUT2D eigenvalue weighted by Crippen LogP contribution is -2.36. The molecule has 1 atom stereocenters. The third kappa shape index (κ3) is 3.42. The van der Waals surface area contributed by atoms with E-state index in [1.165, 1.54) is 4.88 Å². The van der Waals surface area contributed by atoms with E-state index in [-0.39, 0.29) is 6.04 Å². The fourth-order valence-electron chi connectivity index (χ4n) is 2.35. The summed E-state index contributed by atoms with van der Waals surface area (Å²) in [6.45, 7) is 2.86. The van der Waals surface area contributed by atoms with Crippen molar-refractivity contribution < 1.29 is 4.74 Å². The van der Waals surface area contributed by atoms with Gasteiger partial charge < -0.3 is 4.74 Å². The molecule has 0 spiro atoms. The van der Waals surface area contributed by atoms with Crippen LogP contribution in [-0.4, -0.2) is 12.7 Å². The van der Waals surface area contributed by atoms with Crippen LogP contribution in [0.25, 0.3) is 0 Å². The Kier molecular flexibility index (Phi) is 4.82. The van der Waals surface area contributed by atoms with Gasteiger partial charge in [-0.1, -0.05) is 11.6 Å². The molecule has 1 unspecified atom stereocenters. The fourth-order valence-corrected chi connectivity index (χ4v) is 3.49. The lowest BCUT2D eigenvalue weighted by atomic mass is 9.78. The molecule has 0 aliphatic heterocycles. The summed E-state index contributed by atoms with van der Waals surface area (Å²) in [6.07, 6.45) is 3.85. The minimum Gasteiger partial charge on any atom is -0.378 e. The van der Waals surface area contributed by atoms with Crippen molar-refractivity contribution in [2.45, 2.75) is 38.3 Å². The summed E-state index contributed by atoms with van der Waals surface area (Å²) in [5.74, 6) is 6.33. The molecule has 0 radical (unpaired) electrons. The van der Waals surface area contributed by atoms with Crippen LogP contribution in [0.3, 0.4) is 0 Å². The molecule has 1 aromatic rings. The fraction of sp³-hybridized carbons (Fsp3) is 0.667. The average Bonchev–Trinajstić information content (AvgIpc) is 2.68.